The van der Waals surface area contributed by atoms with E-state index in [1.807, 2.05) is 78.6 Å². The maximum atomic E-state index is 12.8. The van der Waals surface area contributed by atoms with Crippen molar-refractivity contribution in [2.45, 2.75) is 25.4 Å². The number of carbonyl (C=O) groups is 1. The third-order valence-corrected chi connectivity index (χ3v) is 7.50. The number of aromatic nitrogens is 1. The van der Waals surface area contributed by atoms with Crippen molar-refractivity contribution < 1.29 is 9.21 Å². The average molecular weight is 551 g/mol. The quantitative estimate of drug-likeness (QED) is 0.242. The summed E-state index contributed by atoms with van der Waals surface area (Å²) in [7, 11) is 0. The Bertz CT molecular complexity index is 1440. The summed E-state index contributed by atoms with van der Waals surface area (Å²) < 4.78 is 6.33. The number of anilines is 1. The van der Waals surface area contributed by atoms with Crippen molar-refractivity contribution in [1.29, 1.82) is 0 Å². The van der Waals surface area contributed by atoms with Gasteiger partial charge in [0.2, 0.25) is 5.91 Å². The third-order valence-electron chi connectivity index (χ3n) is 6.33. The van der Waals surface area contributed by atoms with Gasteiger partial charge in [0.25, 0.3) is 0 Å². The van der Waals surface area contributed by atoms with Crippen LogP contribution in [0.4, 0.5) is 5.69 Å². The van der Waals surface area contributed by atoms with Gasteiger partial charge in [0, 0.05) is 30.4 Å². The monoisotopic (exact) mass is 550 g/mol. The Morgan fingerprint density at radius 3 is 2.68 bits per heavy atom. The lowest BCUT2D eigenvalue weighted by Crippen LogP contribution is -2.32. The molecular weight excluding hydrogens is 527 g/mol. The molecule has 3 heterocycles. The van der Waals surface area contributed by atoms with Crippen LogP contribution in [-0.2, 0) is 4.79 Å². The van der Waals surface area contributed by atoms with Crippen LogP contribution in [0.1, 0.15) is 35.5 Å². The zero-order valence-corrected chi connectivity index (χ0v) is 22.3. The molecule has 0 bridgehead atoms. The Morgan fingerprint density at radius 2 is 1.89 bits per heavy atom. The molecule has 0 radical (unpaired) electrons. The molecule has 188 valence electrons. The lowest BCUT2D eigenvalue weighted by Gasteiger charge is -2.26. The number of pyridine rings is 1. The molecule has 1 fully saturated rings. The van der Waals surface area contributed by atoms with Crippen LogP contribution in [0.25, 0.3) is 11.3 Å². The highest BCUT2D eigenvalue weighted by Crippen LogP contribution is 2.42. The number of nitrogens with one attached hydrogen (secondary N) is 2. The first-order chi connectivity index (χ1) is 17.9. The van der Waals surface area contributed by atoms with E-state index in [9.17, 15) is 4.79 Å². The Balaban J connectivity index is 1.42. The van der Waals surface area contributed by atoms with E-state index in [0.717, 1.165) is 16.9 Å². The number of halogens is 2. The minimum Gasteiger partial charge on any atom is -0.459 e. The lowest BCUT2D eigenvalue weighted by atomic mass is 10.0. The normalized spacial score (nSPS) is 17.1. The second kappa shape index (κ2) is 10.9. The molecule has 0 unspecified atom stereocenters. The van der Waals surface area contributed by atoms with E-state index >= 15 is 0 Å². The number of aryl methyl sites for hydroxylation is 1. The summed E-state index contributed by atoms with van der Waals surface area (Å²) in [5, 5.41) is 7.78. The van der Waals surface area contributed by atoms with Gasteiger partial charge in [-0.2, -0.15) is 0 Å². The molecule has 1 aliphatic heterocycles. The smallest absolute Gasteiger partial charge is 0.226 e. The SMILES string of the molecule is Cc1ccccc1NC(=O)CCN1C(=S)N[C@H](c2ccccn2)[C@H]1c1ccc(-c2cccc(Cl)c2Cl)o1. The Morgan fingerprint density at radius 1 is 1.08 bits per heavy atom. The zero-order chi connectivity index (χ0) is 25.9. The summed E-state index contributed by atoms with van der Waals surface area (Å²) in [6, 6.07) is 22.0. The van der Waals surface area contributed by atoms with Crippen molar-refractivity contribution in [3.05, 3.63) is 106 Å². The van der Waals surface area contributed by atoms with Crippen LogP contribution in [0.5, 0.6) is 0 Å². The molecule has 5 rings (SSSR count). The molecule has 9 heteroatoms. The van der Waals surface area contributed by atoms with E-state index in [2.05, 4.69) is 15.6 Å². The van der Waals surface area contributed by atoms with Gasteiger partial charge in [-0.15, -0.1) is 0 Å². The van der Waals surface area contributed by atoms with Gasteiger partial charge in [0.1, 0.15) is 17.6 Å². The summed E-state index contributed by atoms with van der Waals surface area (Å²) in [6.45, 7) is 2.36. The van der Waals surface area contributed by atoms with Crippen molar-refractivity contribution in [3.63, 3.8) is 0 Å². The van der Waals surface area contributed by atoms with Crippen molar-refractivity contribution in [1.82, 2.24) is 15.2 Å². The Hall–Kier alpha value is -3.39. The van der Waals surface area contributed by atoms with Gasteiger partial charge in [-0.05, 0) is 67.2 Å². The van der Waals surface area contributed by atoms with Gasteiger partial charge in [-0.1, -0.05) is 53.5 Å². The van der Waals surface area contributed by atoms with Crippen molar-refractivity contribution in [2.24, 2.45) is 0 Å². The van der Waals surface area contributed by atoms with Crippen molar-refractivity contribution >= 4 is 52.1 Å². The number of hydrogen-bond acceptors (Lipinski definition) is 4. The highest BCUT2D eigenvalue weighted by atomic mass is 35.5. The van der Waals surface area contributed by atoms with Gasteiger partial charge in [-0.3, -0.25) is 9.78 Å². The molecule has 0 saturated carbocycles. The highest BCUT2D eigenvalue weighted by Gasteiger charge is 2.41. The molecule has 2 atom stereocenters. The van der Waals surface area contributed by atoms with Gasteiger partial charge < -0.3 is 20.0 Å². The number of furan rings is 1. The predicted octanol–water partition coefficient (Wildman–Crippen LogP) is 6.96. The van der Waals surface area contributed by atoms with Crippen LogP contribution in [-0.4, -0.2) is 27.4 Å². The van der Waals surface area contributed by atoms with E-state index in [0.29, 0.717) is 38.8 Å². The Labute approximate surface area is 230 Å². The summed E-state index contributed by atoms with van der Waals surface area (Å²) in [4.78, 5) is 19.3. The summed E-state index contributed by atoms with van der Waals surface area (Å²) in [6.07, 6.45) is 1.99. The number of amides is 1. The van der Waals surface area contributed by atoms with E-state index in [1.165, 1.54) is 0 Å². The van der Waals surface area contributed by atoms with Gasteiger partial charge in [-0.25, -0.2) is 0 Å². The minimum absolute atomic E-state index is 0.0945. The molecule has 2 aromatic heterocycles. The summed E-state index contributed by atoms with van der Waals surface area (Å²) in [5.74, 6) is 1.17. The number of thiocarbonyl (C=S) groups is 1. The molecule has 37 heavy (non-hydrogen) atoms. The number of benzene rings is 2. The number of carbonyl (C=O) groups excluding carboxylic acids is 1. The molecule has 6 nitrogen and oxygen atoms in total. The summed E-state index contributed by atoms with van der Waals surface area (Å²) >= 11 is 18.4. The fraction of sp³-hybridized carbons (Fsp3) is 0.179. The van der Waals surface area contributed by atoms with Crippen LogP contribution in [0.15, 0.2) is 83.4 Å². The fourth-order valence-electron chi connectivity index (χ4n) is 4.45. The second-order valence-electron chi connectivity index (χ2n) is 8.74. The summed E-state index contributed by atoms with van der Waals surface area (Å²) in [5.41, 5.74) is 3.32. The molecule has 0 spiro atoms. The van der Waals surface area contributed by atoms with Gasteiger partial charge in [0.05, 0.1) is 21.8 Å². The molecular formula is C28H24Cl2N4O2S. The molecule has 4 aromatic rings. The average Bonchev–Trinajstić information content (AvgIpc) is 3.51. The van der Waals surface area contributed by atoms with Crippen LogP contribution in [0, 0.1) is 6.92 Å². The lowest BCUT2D eigenvalue weighted by molar-refractivity contribution is -0.116. The second-order valence-corrected chi connectivity index (χ2v) is 9.91. The zero-order valence-electron chi connectivity index (χ0n) is 19.9. The Kier molecular flexibility index (Phi) is 7.46. The molecule has 2 aromatic carbocycles. The maximum absolute atomic E-state index is 12.8. The van der Waals surface area contributed by atoms with Gasteiger partial charge in [0.15, 0.2) is 5.11 Å². The largest absolute Gasteiger partial charge is 0.459 e. The first kappa shape index (κ1) is 25.3. The number of rotatable bonds is 7. The fourth-order valence-corrected chi connectivity index (χ4v) is 5.18. The first-order valence-corrected chi connectivity index (χ1v) is 13.0. The molecule has 1 saturated heterocycles. The first-order valence-electron chi connectivity index (χ1n) is 11.8. The van der Waals surface area contributed by atoms with E-state index in [1.54, 1.807) is 12.3 Å². The van der Waals surface area contributed by atoms with Gasteiger partial charge >= 0.3 is 0 Å². The van der Waals surface area contributed by atoms with Crippen LogP contribution in [0.3, 0.4) is 0 Å². The van der Waals surface area contributed by atoms with E-state index in [4.69, 9.17) is 39.8 Å². The van der Waals surface area contributed by atoms with E-state index < -0.39 is 0 Å². The van der Waals surface area contributed by atoms with E-state index in [-0.39, 0.29) is 24.4 Å². The maximum Gasteiger partial charge on any atom is 0.226 e. The van der Waals surface area contributed by atoms with Crippen molar-refractivity contribution in [3.8, 4) is 11.3 Å². The topological polar surface area (TPSA) is 70.4 Å². The molecule has 0 aliphatic carbocycles. The standard InChI is InChI=1S/C28H24Cl2N4O2S/c1-17-7-2-3-10-20(17)32-24(35)14-16-34-27(26(33-28(34)37)21-11-4-5-15-31-21)23-13-12-22(36-23)18-8-6-9-19(29)25(18)30/h2-13,15,26-27H,14,16H2,1H3,(H,32,35)(H,33,37)/t26-,27-/m1/s1. The van der Waals surface area contributed by atoms with Crippen LogP contribution >= 0.6 is 35.4 Å². The third kappa shape index (κ3) is 5.34. The van der Waals surface area contributed by atoms with Crippen LogP contribution in [0.2, 0.25) is 10.0 Å². The number of hydrogen-bond donors (Lipinski definition) is 2. The number of nitrogens with zero attached hydrogens (tertiary/aromatic N) is 2. The van der Waals surface area contributed by atoms with Crippen LogP contribution < -0.4 is 10.6 Å². The van der Waals surface area contributed by atoms with Crippen molar-refractivity contribution in [2.75, 3.05) is 11.9 Å². The minimum atomic E-state index is -0.319. The molecule has 2 N–H and O–H groups in total. The molecule has 1 amide bonds. The predicted molar refractivity (Wildman–Crippen MR) is 151 cm³/mol. The molecule has 1 aliphatic rings. The highest BCUT2D eigenvalue weighted by molar-refractivity contribution is 7.80. The number of para-hydroxylation sites is 1.